The van der Waals surface area contributed by atoms with E-state index in [0.29, 0.717) is 29.7 Å². The molecule has 0 radical (unpaired) electrons. The molecule has 0 heterocycles. The zero-order valence-electron chi connectivity index (χ0n) is 23.7. The van der Waals surface area contributed by atoms with E-state index in [1.165, 1.54) is 5.57 Å². The van der Waals surface area contributed by atoms with E-state index in [1.807, 2.05) is 24.3 Å². The van der Waals surface area contributed by atoms with E-state index >= 15 is 8.78 Å². The van der Waals surface area contributed by atoms with Crippen molar-refractivity contribution in [3.63, 3.8) is 0 Å². The van der Waals surface area contributed by atoms with E-state index in [9.17, 15) is 0 Å². The lowest BCUT2D eigenvalue weighted by Gasteiger charge is -2.27. The van der Waals surface area contributed by atoms with Crippen LogP contribution in [0.15, 0.2) is 60.7 Å². The number of benzene rings is 3. The van der Waals surface area contributed by atoms with Crippen molar-refractivity contribution in [2.24, 2.45) is 11.8 Å². The standard InChI is InChI=1S/C35H42F2OP2/c1-22-3-7-24(8-4-22)19-38-31-13-11-26(12-14-31)34-29(20-39)15-28(16-30(34)21-40)35-32(36)17-27(18-33(35)37)25-9-5-23(2)6-10-25/h11-18,23-25H,1,3-10,19-21,39-40H2,2H3. The maximum atomic E-state index is 15.5. The lowest BCUT2D eigenvalue weighted by Crippen LogP contribution is -2.16. The summed E-state index contributed by atoms with van der Waals surface area (Å²) in [5, 5.41) is 0. The van der Waals surface area contributed by atoms with Gasteiger partial charge in [-0.05, 0) is 138 Å². The van der Waals surface area contributed by atoms with Crippen molar-refractivity contribution in [2.45, 2.75) is 76.5 Å². The summed E-state index contributed by atoms with van der Waals surface area (Å²) in [6, 6.07) is 15.3. The van der Waals surface area contributed by atoms with Crippen LogP contribution in [0, 0.1) is 23.5 Å². The monoisotopic (exact) mass is 578 g/mol. The van der Waals surface area contributed by atoms with Gasteiger partial charge in [0, 0.05) is 0 Å². The van der Waals surface area contributed by atoms with Crippen LogP contribution in [0.25, 0.3) is 22.3 Å². The lowest BCUT2D eigenvalue weighted by molar-refractivity contribution is 0.222. The van der Waals surface area contributed by atoms with Gasteiger partial charge >= 0.3 is 0 Å². The Morgan fingerprint density at radius 1 is 0.775 bits per heavy atom. The van der Waals surface area contributed by atoms with Gasteiger partial charge in [-0.15, -0.1) is 18.5 Å². The second-order valence-electron chi connectivity index (χ2n) is 11.9. The van der Waals surface area contributed by atoms with Crippen molar-refractivity contribution >= 4 is 18.5 Å². The van der Waals surface area contributed by atoms with E-state index < -0.39 is 11.6 Å². The molecule has 0 saturated heterocycles. The van der Waals surface area contributed by atoms with Gasteiger partial charge in [-0.3, -0.25) is 0 Å². The molecule has 5 rings (SSSR count). The molecule has 2 fully saturated rings. The number of rotatable bonds is 8. The van der Waals surface area contributed by atoms with Crippen LogP contribution in [0.2, 0.25) is 0 Å². The number of hydrogen-bond donors (Lipinski definition) is 0. The van der Waals surface area contributed by atoms with Gasteiger partial charge in [0.05, 0.1) is 12.2 Å². The third-order valence-corrected chi connectivity index (χ3v) is 9.90. The van der Waals surface area contributed by atoms with Crippen LogP contribution in [0.5, 0.6) is 5.75 Å². The zero-order valence-corrected chi connectivity index (χ0v) is 26.0. The minimum atomic E-state index is -0.463. The number of allylic oxidation sites excluding steroid dienone is 1. The average molecular weight is 579 g/mol. The minimum Gasteiger partial charge on any atom is -0.493 e. The highest BCUT2D eigenvalue weighted by molar-refractivity contribution is 7.15. The predicted molar refractivity (Wildman–Crippen MR) is 171 cm³/mol. The second kappa shape index (κ2) is 13.3. The normalized spacial score (nSPS) is 20.1. The number of ether oxygens (including phenoxy) is 1. The summed E-state index contributed by atoms with van der Waals surface area (Å²) in [4.78, 5) is 0. The molecular weight excluding hydrogens is 536 g/mol. The average Bonchev–Trinajstić information content (AvgIpc) is 2.96. The first kappa shape index (κ1) is 29.4. The van der Waals surface area contributed by atoms with Gasteiger partial charge < -0.3 is 4.74 Å². The molecule has 212 valence electrons. The molecule has 2 unspecified atom stereocenters. The molecule has 5 heteroatoms. The van der Waals surface area contributed by atoms with Gasteiger partial charge in [-0.1, -0.05) is 44.1 Å². The van der Waals surface area contributed by atoms with Crippen LogP contribution in [-0.4, -0.2) is 6.61 Å². The van der Waals surface area contributed by atoms with E-state index in [1.54, 1.807) is 12.1 Å². The Hall–Kier alpha value is -2.08. The van der Waals surface area contributed by atoms with Crippen LogP contribution in [0.3, 0.4) is 0 Å². The molecular formula is C35H42F2OP2. The molecule has 3 aromatic rings. The molecule has 0 N–H and O–H groups in total. The van der Waals surface area contributed by atoms with Crippen molar-refractivity contribution in [3.05, 3.63) is 89.0 Å². The summed E-state index contributed by atoms with van der Waals surface area (Å²) < 4.78 is 37.2. The van der Waals surface area contributed by atoms with Crippen molar-refractivity contribution in [3.8, 4) is 28.0 Å². The molecule has 0 aromatic heterocycles. The molecule has 0 spiro atoms. The fourth-order valence-electron chi connectivity index (χ4n) is 6.49. The third-order valence-electron chi connectivity index (χ3n) is 9.02. The van der Waals surface area contributed by atoms with Crippen molar-refractivity contribution in [1.29, 1.82) is 0 Å². The highest BCUT2D eigenvalue weighted by Crippen LogP contribution is 2.41. The number of hydrogen-bond acceptors (Lipinski definition) is 1. The summed E-state index contributed by atoms with van der Waals surface area (Å²) in [5.41, 5.74) is 7.17. The zero-order chi connectivity index (χ0) is 28.2. The molecule has 3 aromatic carbocycles. The summed E-state index contributed by atoms with van der Waals surface area (Å²) in [6.45, 7) is 7.11. The molecule has 0 aliphatic heterocycles. The molecule has 2 saturated carbocycles. The van der Waals surface area contributed by atoms with Crippen LogP contribution < -0.4 is 4.74 Å². The largest absolute Gasteiger partial charge is 0.493 e. The van der Waals surface area contributed by atoms with Crippen molar-refractivity contribution in [1.82, 2.24) is 0 Å². The maximum Gasteiger partial charge on any atom is 0.134 e. The van der Waals surface area contributed by atoms with Gasteiger partial charge in [0.1, 0.15) is 17.4 Å². The fourth-order valence-corrected chi connectivity index (χ4v) is 7.13. The summed E-state index contributed by atoms with van der Waals surface area (Å²) >= 11 is 0. The van der Waals surface area contributed by atoms with Gasteiger partial charge in [-0.25, -0.2) is 8.78 Å². The SMILES string of the molecule is C=C1CCC(COc2ccc(-c3c(CP)cc(-c4c(F)cc(C5CCC(C)CC5)cc4F)cc3CP)cc2)CC1. The summed E-state index contributed by atoms with van der Waals surface area (Å²) in [6.07, 6.45) is 10.1. The van der Waals surface area contributed by atoms with Crippen LogP contribution >= 0.6 is 18.5 Å². The predicted octanol–water partition coefficient (Wildman–Crippen LogP) is 10.5. The van der Waals surface area contributed by atoms with E-state index in [2.05, 4.69) is 44.1 Å². The van der Waals surface area contributed by atoms with Gasteiger partial charge in [0.2, 0.25) is 0 Å². The molecule has 40 heavy (non-hydrogen) atoms. The van der Waals surface area contributed by atoms with E-state index in [-0.39, 0.29) is 11.5 Å². The Morgan fingerprint density at radius 3 is 1.90 bits per heavy atom. The minimum absolute atomic E-state index is 0.0777. The Labute approximate surface area is 243 Å². The summed E-state index contributed by atoms with van der Waals surface area (Å²) in [5.74, 6) is 1.49. The molecule has 0 bridgehead atoms. The quantitative estimate of drug-likeness (QED) is 0.191. The Balaban J connectivity index is 1.39. The van der Waals surface area contributed by atoms with Crippen molar-refractivity contribution < 1.29 is 13.5 Å². The molecule has 2 aliphatic rings. The first-order valence-corrected chi connectivity index (χ1v) is 16.4. The molecule has 2 aliphatic carbocycles. The van der Waals surface area contributed by atoms with Crippen LogP contribution in [0.4, 0.5) is 8.78 Å². The topological polar surface area (TPSA) is 9.23 Å². The first-order valence-electron chi connectivity index (χ1n) is 14.8. The van der Waals surface area contributed by atoms with Gasteiger partial charge in [0.25, 0.3) is 0 Å². The highest BCUT2D eigenvalue weighted by atomic mass is 31.0. The molecule has 0 amide bonds. The summed E-state index contributed by atoms with van der Waals surface area (Å²) in [7, 11) is 5.58. The smallest absolute Gasteiger partial charge is 0.134 e. The van der Waals surface area contributed by atoms with Gasteiger partial charge in [-0.2, -0.15) is 0 Å². The molecule has 1 nitrogen and oxygen atoms in total. The van der Waals surface area contributed by atoms with Crippen LogP contribution in [0.1, 0.15) is 80.9 Å². The van der Waals surface area contributed by atoms with Crippen LogP contribution in [-0.2, 0) is 12.3 Å². The van der Waals surface area contributed by atoms with Crippen molar-refractivity contribution in [2.75, 3.05) is 6.61 Å². The third kappa shape index (κ3) is 6.69. The maximum absolute atomic E-state index is 15.5. The fraction of sp³-hybridized carbons (Fsp3) is 0.429. The van der Waals surface area contributed by atoms with E-state index in [4.69, 9.17) is 4.74 Å². The number of halogens is 2. The van der Waals surface area contributed by atoms with Gasteiger partial charge in [0.15, 0.2) is 0 Å². The Bertz CT molecular complexity index is 1280. The Kier molecular flexibility index (Phi) is 9.76. The first-order chi connectivity index (χ1) is 19.4. The molecule has 2 atom stereocenters. The lowest BCUT2D eigenvalue weighted by atomic mass is 9.79. The highest BCUT2D eigenvalue weighted by Gasteiger charge is 2.24. The second-order valence-corrected chi connectivity index (χ2v) is 12.7. The van der Waals surface area contributed by atoms with E-state index in [0.717, 1.165) is 91.5 Å². The Morgan fingerprint density at radius 2 is 1.35 bits per heavy atom.